The molecule has 76 valence electrons. The Morgan fingerprint density at radius 1 is 1.33 bits per heavy atom. The van der Waals surface area contributed by atoms with Crippen molar-refractivity contribution in [1.29, 1.82) is 0 Å². The molecular weight excluding hydrogens is 192 g/mol. The second kappa shape index (κ2) is 3.88. The minimum atomic E-state index is 0.0974. The van der Waals surface area contributed by atoms with E-state index >= 15 is 0 Å². The minimum absolute atomic E-state index is 0.0974. The number of aromatic nitrogens is 1. The molecule has 0 aliphatic rings. The first-order chi connectivity index (χ1) is 7.33. The number of H-pyrrole nitrogens is 1. The van der Waals surface area contributed by atoms with Gasteiger partial charge in [-0.15, -0.1) is 0 Å². The van der Waals surface area contributed by atoms with Gasteiger partial charge in [0.15, 0.2) is 5.88 Å². The highest BCUT2D eigenvalue weighted by Gasteiger charge is 2.06. The first-order valence-electron chi connectivity index (χ1n) is 4.49. The average Bonchev–Trinajstić information content (AvgIpc) is 2.56. The van der Waals surface area contributed by atoms with Gasteiger partial charge in [0.05, 0.1) is 0 Å². The number of aromatic amines is 1. The smallest absolute Gasteiger partial charge is 0.211 e. The van der Waals surface area contributed by atoms with Crippen LogP contribution in [-0.2, 0) is 4.79 Å². The van der Waals surface area contributed by atoms with Gasteiger partial charge >= 0.3 is 0 Å². The largest absolute Gasteiger partial charge is 0.494 e. The first kappa shape index (κ1) is 9.33. The molecule has 1 amide bonds. The molecule has 0 saturated carbocycles. The van der Waals surface area contributed by atoms with E-state index in [4.69, 9.17) is 0 Å². The van der Waals surface area contributed by atoms with E-state index in [1.54, 1.807) is 6.08 Å². The Hall–Kier alpha value is -2.23. The number of benzene rings is 1. The summed E-state index contributed by atoms with van der Waals surface area (Å²) in [6.45, 7) is 0. The Kier molecular flexibility index (Phi) is 2.41. The van der Waals surface area contributed by atoms with Gasteiger partial charge in [0, 0.05) is 22.7 Å². The normalized spacial score (nSPS) is 10.9. The molecule has 0 radical (unpaired) electrons. The van der Waals surface area contributed by atoms with Gasteiger partial charge in [0.25, 0.3) is 0 Å². The molecule has 0 aliphatic heterocycles. The summed E-state index contributed by atoms with van der Waals surface area (Å²) in [4.78, 5) is 12.9. The monoisotopic (exact) mass is 202 g/mol. The molecule has 0 unspecified atom stereocenters. The van der Waals surface area contributed by atoms with E-state index in [0.717, 1.165) is 10.9 Å². The number of fused-ring (bicyclic) bond motifs is 1. The lowest BCUT2D eigenvalue weighted by Gasteiger charge is -1.91. The van der Waals surface area contributed by atoms with Crippen molar-refractivity contribution in [1.82, 2.24) is 10.3 Å². The van der Waals surface area contributed by atoms with Gasteiger partial charge in [-0.3, -0.25) is 4.79 Å². The quantitative estimate of drug-likeness (QED) is 0.662. The molecule has 2 rings (SSSR count). The number of amides is 1. The number of carbonyl (C=O) groups is 1. The standard InChI is InChI=1S/C11H10N2O2/c14-7-12-6-5-9-8-3-1-2-4-10(8)13-11(9)15/h1-7,13,15H,(H,12,14). The van der Waals surface area contributed by atoms with Crippen LogP contribution in [0.15, 0.2) is 30.5 Å². The number of hydrogen-bond acceptors (Lipinski definition) is 2. The van der Waals surface area contributed by atoms with Gasteiger partial charge in [0.2, 0.25) is 6.41 Å². The van der Waals surface area contributed by atoms with E-state index < -0.39 is 0 Å². The molecule has 0 saturated heterocycles. The molecule has 1 heterocycles. The van der Waals surface area contributed by atoms with Crippen LogP contribution < -0.4 is 5.32 Å². The minimum Gasteiger partial charge on any atom is -0.494 e. The predicted octanol–water partition coefficient (Wildman–Crippen LogP) is 1.59. The number of nitrogens with one attached hydrogen (secondary N) is 2. The molecule has 15 heavy (non-hydrogen) atoms. The fraction of sp³-hybridized carbons (Fsp3) is 0. The third kappa shape index (κ3) is 1.69. The lowest BCUT2D eigenvalue weighted by molar-refractivity contribution is -0.108. The van der Waals surface area contributed by atoms with Gasteiger partial charge in [-0.25, -0.2) is 0 Å². The number of aromatic hydroxyl groups is 1. The van der Waals surface area contributed by atoms with E-state index in [9.17, 15) is 9.90 Å². The van der Waals surface area contributed by atoms with Gasteiger partial charge in [-0.2, -0.15) is 0 Å². The first-order valence-corrected chi connectivity index (χ1v) is 4.49. The maximum absolute atomic E-state index is 10.0. The summed E-state index contributed by atoms with van der Waals surface area (Å²) < 4.78 is 0. The molecule has 0 aliphatic carbocycles. The molecule has 4 nitrogen and oxygen atoms in total. The molecule has 3 N–H and O–H groups in total. The van der Waals surface area contributed by atoms with Crippen LogP contribution in [0.25, 0.3) is 17.0 Å². The number of para-hydroxylation sites is 1. The molecule has 1 aromatic carbocycles. The van der Waals surface area contributed by atoms with Crippen LogP contribution in [0.3, 0.4) is 0 Å². The summed E-state index contributed by atoms with van der Waals surface area (Å²) in [6.07, 6.45) is 3.69. The second-order valence-electron chi connectivity index (χ2n) is 3.05. The maximum atomic E-state index is 10.0. The summed E-state index contributed by atoms with van der Waals surface area (Å²) in [7, 11) is 0. The van der Waals surface area contributed by atoms with E-state index in [1.807, 2.05) is 24.3 Å². The van der Waals surface area contributed by atoms with Crippen molar-refractivity contribution in [2.45, 2.75) is 0 Å². The zero-order valence-corrected chi connectivity index (χ0v) is 7.90. The van der Waals surface area contributed by atoms with Crippen molar-refractivity contribution in [2.24, 2.45) is 0 Å². The van der Waals surface area contributed by atoms with Crippen LogP contribution in [0.4, 0.5) is 0 Å². The number of rotatable bonds is 3. The average molecular weight is 202 g/mol. The molecule has 4 heteroatoms. The van der Waals surface area contributed by atoms with Gasteiger partial charge < -0.3 is 15.4 Å². The zero-order valence-electron chi connectivity index (χ0n) is 7.90. The van der Waals surface area contributed by atoms with Gasteiger partial charge in [-0.05, 0) is 12.1 Å². The van der Waals surface area contributed by atoms with Crippen molar-refractivity contribution >= 4 is 23.4 Å². The third-order valence-electron chi connectivity index (χ3n) is 2.14. The summed E-state index contributed by atoms with van der Waals surface area (Å²) in [5.41, 5.74) is 1.53. The molecule has 0 atom stereocenters. The molecule has 2 aromatic rings. The molecule has 0 spiro atoms. The van der Waals surface area contributed by atoms with E-state index in [-0.39, 0.29) is 5.88 Å². The van der Waals surface area contributed by atoms with Crippen LogP contribution in [0, 0.1) is 0 Å². The lowest BCUT2D eigenvalue weighted by atomic mass is 10.2. The van der Waals surface area contributed by atoms with E-state index in [0.29, 0.717) is 12.0 Å². The SMILES string of the molecule is O=CNC=Cc1c(O)[nH]c2ccccc12. The topological polar surface area (TPSA) is 65.1 Å². The predicted molar refractivity (Wildman–Crippen MR) is 58.2 cm³/mol. The number of carbonyl (C=O) groups excluding carboxylic acids is 1. The summed E-state index contributed by atoms with van der Waals surface area (Å²) in [5, 5.41) is 12.9. The lowest BCUT2D eigenvalue weighted by Crippen LogP contribution is -1.97. The van der Waals surface area contributed by atoms with Crippen LogP contribution in [0.1, 0.15) is 5.56 Å². The molecule has 1 aromatic heterocycles. The fourth-order valence-corrected chi connectivity index (χ4v) is 1.49. The highest BCUT2D eigenvalue weighted by atomic mass is 16.3. The Labute approximate surface area is 86.2 Å². The summed E-state index contributed by atoms with van der Waals surface area (Å²) >= 11 is 0. The van der Waals surface area contributed by atoms with Crippen molar-refractivity contribution < 1.29 is 9.90 Å². The van der Waals surface area contributed by atoms with Crippen molar-refractivity contribution in [3.05, 3.63) is 36.0 Å². The van der Waals surface area contributed by atoms with Crippen molar-refractivity contribution in [2.75, 3.05) is 0 Å². The zero-order chi connectivity index (χ0) is 10.7. The maximum Gasteiger partial charge on any atom is 0.211 e. The molecule has 0 bridgehead atoms. The Morgan fingerprint density at radius 2 is 2.13 bits per heavy atom. The van der Waals surface area contributed by atoms with Crippen LogP contribution in [-0.4, -0.2) is 16.5 Å². The number of hydrogen-bond donors (Lipinski definition) is 3. The highest BCUT2D eigenvalue weighted by Crippen LogP contribution is 2.27. The molecular formula is C11H10N2O2. The van der Waals surface area contributed by atoms with Crippen molar-refractivity contribution in [3.8, 4) is 5.88 Å². The summed E-state index contributed by atoms with van der Waals surface area (Å²) in [6, 6.07) is 7.54. The van der Waals surface area contributed by atoms with Gasteiger partial charge in [0.1, 0.15) is 0 Å². The van der Waals surface area contributed by atoms with E-state index in [1.165, 1.54) is 6.20 Å². The van der Waals surface area contributed by atoms with Crippen LogP contribution in [0.5, 0.6) is 5.88 Å². The van der Waals surface area contributed by atoms with Crippen LogP contribution in [0.2, 0.25) is 0 Å². The Balaban J connectivity index is 2.49. The third-order valence-corrected chi connectivity index (χ3v) is 2.14. The van der Waals surface area contributed by atoms with Crippen molar-refractivity contribution in [3.63, 3.8) is 0 Å². The summed E-state index contributed by atoms with van der Waals surface area (Å²) in [5.74, 6) is 0.0974. The Morgan fingerprint density at radius 3 is 2.93 bits per heavy atom. The fourth-order valence-electron chi connectivity index (χ4n) is 1.49. The Bertz CT molecular complexity index is 514. The molecule has 0 fully saturated rings. The second-order valence-corrected chi connectivity index (χ2v) is 3.05. The van der Waals surface area contributed by atoms with Crippen LogP contribution >= 0.6 is 0 Å². The highest BCUT2D eigenvalue weighted by molar-refractivity contribution is 5.91. The van der Waals surface area contributed by atoms with Gasteiger partial charge in [-0.1, -0.05) is 18.2 Å². The van der Waals surface area contributed by atoms with E-state index in [2.05, 4.69) is 10.3 Å².